The number of rotatable bonds is 3. The molecule has 0 saturated heterocycles. The Morgan fingerprint density at radius 3 is 2.76 bits per heavy atom. The third-order valence-electron chi connectivity index (χ3n) is 3.50. The number of hydrogen-bond donors (Lipinski definition) is 1. The van der Waals surface area contributed by atoms with Crippen LogP contribution >= 0.6 is 0 Å². The summed E-state index contributed by atoms with van der Waals surface area (Å²) < 4.78 is 19.2. The molecule has 2 nitrogen and oxygen atoms in total. The fraction of sp³-hybridized carbons (Fsp3) is 0.429. The molecule has 17 heavy (non-hydrogen) atoms. The summed E-state index contributed by atoms with van der Waals surface area (Å²) in [6.45, 7) is 1.88. The summed E-state index contributed by atoms with van der Waals surface area (Å²) >= 11 is 0. The third-order valence-corrected chi connectivity index (χ3v) is 3.50. The zero-order valence-corrected chi connectivity index (χ0v) is 10.1. The molecule has 2 aromatic rings. The van der Waals surface area contributed by atoms with E-state index in [0.29, 0.717) is 5.92 Å². The monoisotopic (exact) mass is 233 g/mol. The quantitative estimate of drug-likeness (QED) is 0.877. The molecule has 0 amide bonds. The van der Waals surface area contributed by atoms with Crippen molar-refractivity contribution in [3.8, 4) is 0 Å². The second-order valence-electron chi connectivity index (χ2n) is 4.89. The number of benzene rings is 1. The summed E-state index contributed by atoms with van der Waals surface area (Å²) in [7, 11) is 1.95. The molecule has 1 N–H and O–H groups in total. The zero-order chi connectivity index (χ0) is 12.0. The lowest BCUT2D eigenvalue weighted by molar-refractivity contribution is 0.418. The number of furan rings is 1. The van der Waals surface area contributed by atoms with Gasteiger partial charge in [-0.1, -0.05) is 0 Å². The van der Waals surface area contributed by atoms with Crippen molar-refractivity contribution in [1.82, 2.24) is 5.32 Å². The van der Waals surface area contributed by atoms with E-state index >= 15 is 0 Å². The van der Waals surface area contributed by atoms with E-state index in [4.69, 9.17) is 4.42 Å². The van der Waals surface area contributed by atoms with Gasteiger partial charge < -0.3 is 9.73 Å². The van der Waals surface area contributed by atoms with Gasteiger partial charge in [-0.2, -0.15) is 0 Å². The molecule has 3 heteroatoms. The molecule has 1 aliphatic carbocycles. The van der Waals surface area contributed by atoms with Crippen molar-refractivity contribution in [2.45, 2.75) is 25.8 Å². The maximum atomic E-state index is 13.3. The van der Waals surface area contributed by atoms with Crippen molar-refractivity contribution in [2.75, 3.05) is 7.05 Å². The largest absolute Gasteiger partial charge is 0.459 e. The second-order valence-corrected chi connectivity index (χ2v) is 4.89. The van der Waals surface area contributed by atoms with Crippen LogP contribution < -0.4 is 5.32 Å². The van der Waals surface area contributed by atoms with Crippen molar-refractivity contribution < 1.29 is 8.81 Å². The fourth-order valence-corrected chi connectivity index (χ4v) is 2.50. The average molecular weight is 233 g/mol. The molecule has 1 fully saturated rings. The summed E-state index contributed by atoms with van der Waals surface area (Å²) in [5.41, 5.74) is 1.67. The molecule has 0 spiro atoms. The van der Waals surface area contributed by atoms with E-state index in [0.717, 1.165) is 22.3 Å². The molecule has 1 aromatic carbocycles. The van der Waals surface area contributed by atoms with E-state index in [-0.39, 0.29) is 11.9 Å². The van der Waals surface area contributed by atoms with Crippen LogP contribution in [0.5, 0.6) is 0 Å². The summed E-state index contributed by atoms with van der Waals surface area (Å²) in [4.78, 5) is 0. The lowest BCUT2D eigenvalue weighted by atomic mass is 10.1. The van der Waals surface area contributed by atoms with E-state index in [1.165, 1.54) is 25.0 Å². The summed E-state index contributed by atoms with van der Waals surface area (Å²) in [6.07, 6.45) is 2.49. The fourth-order valence-electron chi connectivity index (χ4n) is 2.50. The molecule has 90 valence electrons. The van der Waals surface area contributed by atoms with Gasteiger partial charge in [0.2, 0.25) is 0 Å². The molecule has 0 radical (unpaired) electrons. The van der Waals surface area contributed by atoms with Crippen LogP contribution in [0.2, 0.25) is 0 Å². The van der Waals surface area contributed by atoms with Gasteiger partial charge in [0, 0.05) is 5.39 Å². The Morgan fingerprint density at radius 2 is 2.12 bits per heavy atom. The van der Waals surface area contributed by atoms with Gasteiger partial charge >= 0.3 is 0 Å². The minimum Gasteiger partial charge on any atom is -0.459 e. The second kappa shape index (κ2) is 3.84. The van der Waals surface area contributed by atoms with Crippen molar-refractivity contribution in [1.29, 1.82) is 0 Å². The summed E-state index contributed by atoms with van der Waals surface area (Å²) in [6, 6.07) is 5.28. The van der Waals surface area contributed by atoms with E-state index in [2.05, 4.69) is 5.32 Å². The van der Waals surface area contributed by atoms with Gasteiger partial charge in [0.15, 0.2) is 0 Å². The predicted octanol–water partition coefficient (Wildman–Crippen LogP) is 3.55. The molecule has 1 heterocycles. The van der Waals surface area contributed by atoms with E-state index in [1.807, 2.05) is 20.0 Å². The number of aryl methyl sites for hydroxylation is 1. The number of nitrogens with one attached hydrogen (secondary N) is 1. The lowest BCUT2D eigenvalue weighted by Gasteiger charge is -2.11. The summed E-state index contributed by atoms with van der Waals surface area (Å²) in [5.74, 6) is 1.40. The molecule has 3 rings (SSSR count). The lowest BCUT2D eigenvalue weighted by Crippen LogP contribution is -2.17. The van der Waals surface area contributed by atoms with Crippen LogP contribution in [-0.4, -0.2) is 7.05 Å². The first-order valence-corrected chi connectivity index (χ1v) is 6.06. The van der Waals surface area contributed by atoms with Gasteiger partial charge in [-0.15, -0.1) is 0 Å². The standard InChI is InChI=1S/C14H16FNO/c1-8-5-11(15)6-10-7-12(17-14(8)10)13(16-2)9-3-4-9/h5-7,9,13,16H,3-4H2,1-2H3. The van der Waals surface area contributed by atoms with Crippen LogP contribution in [0.4, 0.5) is 4.39 Å². The molecule has 1 atom stereocenters. The maximum absolute atomic E-state index is 13.3. The smallest absolute Gasteiger partial charge is 0.137 e. The molecule has 1 unspecified atom stereocenters. The molecule has 1 saturated carbocycles. The molecule has 0 bridgehead atoms. The van der Waals surface area contributed by atoms with Crippen molar-refractivity contribution in [3.63, 3.8) is 0 Å². The summed E-state index contributed by atoms with van der Waals surface area (Å²) in [5, 5.41) is 4.15. The maximum Gasteiger partial charge on any atom is 0.137 e. The van der Waals surface area contributed by atoms with Crippen LogP contribution in [0, 0.1) is 18.7 Å². The normalized spacial score (nSPS) is 17.6. The first-order chi connectivity index (χ1) is 8.19. The first-order valence-electron chi connectivity index (χ1n) is 6.06. The van der Waals surface area contributed by atoms with Crippen LogP contribution in [0.15, 0.2) is 22.6 Å². The predicted molar refractivity (Wildman–Crippen MR) is 65.4 cm³/mol. The third kappa shape index (κ3) is 1.84. The Hall–Kier alpha value is -1.35. The molecule has 1 aromatic heterocycles. The topological polar surface area (TPSA) is 25.2 Å². The molecular weight excluding hydrogens is 217 g/mol. The SMILES string of the molecule is CNC(c1cc2cc(F)cc(C)c2o1)C1CC1. The molecule has 1 aliphatic rings. The highest BCUT2D eigenvalue weighted by molar-refractivity contribution is 5.81. The van der Waals surface area contributed by atoms with Crippen LogP contribution in [0.25, 0.3) is 11.0 Å². The Morgan fingerprint density at radius 1 is 1.35 bits per heavy atom. The first kappa shape index (κ1) is 10.8. The Bertz CT molecular complexity index is 557. The Labute approximate surface area is 99.8 Å². The van der Waals surface area contributed by atoms with Crippen molar-refractivity contribution in [3.05, 3.63) is 35.3 Å². The minimum atomic E-state index is -0.199. The van der Waals surface area contributed by atoms with Crippen LogP contribution in [0.3, 0.4) is 0 Å². The van der Waals surface area contributed by atoms with Gasteiger partial charge in [-0.05, 0) is 56.5 Å². The van der Waals surface area contributed by atoms with Gasteiger partial charge in [-0.3, -0.25) is 0 Å². The minimum absolute atomic E-state index is 0.199. The molecule has 0 aliphatic heterocycles. The van der Waals surface area contributed by atoms with Crippen molar-refractivity contribution >= 4 is 11.0 Å². The van der Waals surface area contributed by atoms with E-state index < -0.39 is 0 Å². The van der Waals surface area contributed by atoms with Gasteiger partial charge in [0.1, 0.15) is 17.2 Å². The zero-order valence-electron chi connectivity index (χ0n) is 10.1. The highest BCUT2D eigenvalue weighted by atomic mass is 19.1. The van der Waals surface area contributed by atoms with Gasteiger partial charge in [-0.25, -0.2) is 4.39 Å². The Balaban J connectivity index is 2.09. The van der Waals surface area contributed by atoms with Crippen molar-refractivity contribution in [2.24, 2.45) is 5.92 Å². The van der Waals surface area contributed by atoms with Gasteiger partial charge in [0.05, 0.1) is 6.04 Å². The average Bonchev–Trinajstić information content (AvgIpc) is 3.00. The number of hydrogen-bond acceptors (Lipinski definition) is 2. The Kier molecular flexibility index (Phi) is 2.44. The highest BCUT2D eigenvalue weighted by Crippen LogP contribution is 2.42. The number of fused-ring (bicyclic) bond motifs is 1. The van der Waals surface area contributed by atoms with Crippen LogP contribution in [0.1, 0.15) is 30.2 Å². The van der Waals surface area contributed by atoms with E-state index in [1.54, 1.807) is 0 Å². The van der Waals surface area contributed by atoms with Crippen LogP contribution in [-0.2, 0) is 0 Å². The van der Waals surface area contributed by atoms with Gasteiger partial charge in [0.25, 0.3) is 0 Å². The molecular formula is C14H16FNO. The van der Waals surface area contributed by atoms with E-state index in [9.17, 15) is 4.39 Å². The number of halogens is 1. The highest BCUT2D eigenvalue weighted by Gasteiger charge is 2.33.